The molecule has 2 unspecified atom stereocenters. The van der Waals surface area contributed by atoms with Crippen molar-refractivity contribution in [1.29, 1.82) is 5.26 Å². The van der Waals surface area contributed by atoms with Gasteiger partial charge in [-0.15, -0.1) is 6.42 Å². The summed E-state index contributed by atoms with van der Waals surface area (Å²) in [6, 6.07) is 1.31. The van der Waals surface area contributed by atoms with Crippen molar-refractivity contribution in [3.63, 3.8) is 0 Å². The van der Waals surface area contributed by atoms with Gasteiger partial charge in [-0.25, -0.2) is 0 Å². The van der Waals surface area contributed by atoms with Crippen LogP contribution in [0.15, 0.2) is 0 Å². The second-order valence-corrected chi connectivity index (χ2v) is 5.22. The predicted octanol–water partition coefficient (Wildman–Crippen LogP) is 1.18. The summed E-state index contributed by atoms with van der Waals surface area (Å²) < 4.78 is 29.5. The van der Waals surface area contributed by atoms with E-state index in [4.69, 9.17) is 39.4 Å². The molecule has 1 aliphatic heterocycles. The molecule has 1 aliphatic rings. The highest BCUT2D eigenvalue weighted by Gasteiger charge is 2.42. The first kappa shape index (κ1) is 14.8. The van der Waals surface area contributed by atoms with E-state index in [1.165, 1.54) is 0 Å². The van der Waals surface area contributed by atoms with Gasteiger partial charge in [0.25, 0.3) is 0 Å². The molecule has 5 atom stereocenters. The van der Waals surface area contributed by atoms with Crippen LogP contribution in [0.25, 0.3) is 0 Å². The van der Waals surface area contributed by atoms with Crippen molar-refractivity contribution in [2.24, 2.45) is 0 Å². The zero-order valence-electron chi connectivity index (χ0n) is 11.8. The number of rotatable bonds is 7. The van der Waals surface area contributed by atoms with Crippen LogP contribution < -0.4 is 0 Å². The Hall–Kier alpha value is -0.615. The molecule has 1 fully saturated rings. The second kappa shape index (κ2) is 8.53. The number of nitriles is 1. The summed E-state index contributed by atoms with van der Waals surface area (Å²) in [5, 5.41) is 8.45. The molecule has 0 amide bonds. The largest absolute Gasteiger partial charge is 0.379 e. The number of hydrogen-bond donors (Lipinski definition) is 0. The Labute approximate surface area is 118 Å². The summed E-state index contributed by atoms with van der Waals surface area (Å²) in [4.78, 5) is 0. The lowest BCUT2D eigenvalue weighted by molar-refractivity contribution is 0.00425. The molecule has 0 saturated carbocycles. The van der Waals surface area contributed by atoms with Crippen molar-refractivity contribution >= 4 is 16.2 Å². The number of ether oxygens (including phenoxy) is 2. The van der Waals surface area contributed by atoms with E-state index in [9.17, 15) is 0 Å². The van der Waals surface area contributed by atoms with Gasteiger partial charge in [-0.3, -0.25) is 0 Å². The molecular weight excluding hydrogens is 264 g/mol. The fraction of sp³-hybridized carbons (Fsp3) is 0.750. The third-order valence-corrected chi connectivity index (χ3v) is 3.55. The molecule has 102 valence electrons. The predicted molar refractivity (Wildman–Crippen MR) is 72.6 cm³/mol. The SMILES string of the molecule is [2H]C[C@H]1OC([B])[C@@H](OCC#C)[C@H]1OP(C)OCCC#N. The molecule has 1 heterocycles. The van der Waals surface area contributed by atoms with E-state index in [1.807, 2.05) is 6.07 Å². The van der Waals surface area contributed by atoms with Gasteiger partial charge < -0.3 is 18.5 Å². The Bertz CT molecular complexity index is 375. The van der Waals surface area contributed by atoms with Crippen molar-refractivity contribution in [2.75, 3.05) is 19.9 Å². The Morgan fingerprint density at radius 1 is 1.58 bits per heavy atom. The van der Waals surface area contributed by atoms with E-state index < -0.39 is 32.7 Å². The third kappa shape index (κ3) is 5.11. The maximum Gasteiger partial charge on any atom is 0.167 e. The lowest BCUT2D eigenvalue weighted by Gasteiger charge is -2.25. The zero-order chi connectivity index (χ0) is 15.0. The van der Waals surface area contributed by atoms with E-state index in [-0.39, 0.29) is 13.5 Å². The fourth-order valence-corrected chi connectivity index (χ4v) is 2.65. The van der Waals surface area contributed by atoms with E-state index >= 15 is 0 Å². The number of nitrogens with zero attached hydrogens (tertiary/aromatic N) is 1. The Morgan fingerprint density at radius 3 is 3.00 bits per heavy atom. The molecule has 1 rings (SSSR count). The Kier molecular flexibility index (Phi) is 6.64. The van der Waals surface area contributed by atoms with Gasteiger partial charge in [-0.05, 0) is 6.90 Å². The highest BCUT2D eigenvalue weighted by molar-refractivity contribution is 7.46. The Balaban J connectivity index is 2.56. The second-order valence-electron chi connectivity index (χ2n) is 3.87. The summed E-state index contributed by atoms with van der Waals surface area (Å²) in [6.45, 7) is 2.19. The monoisotopic (exact) mass is 282 g/mol. The van der Waals surface area contributed by atoms with Crippen LogP contribution in [0, 0.1) is 23.7 Å². The standard InChI is InChI=1S/C12H17BNO4P/c1-4-7-15-11-10(9(2)17-12(11)13)18-19(3)16-8-5-6-14/h1,9-12H,5,7-8H2,2-3H3/t9-,10+,11+,12?,19?/m1/s1/i2D. The van der Waals surface area contributed by atoms with Crippen molar-refractivity contribution in [2.45, 2.75) is 37.6 Å². The molecule has 0 aromatic carbocycles. The molecule has 0 spiro atoms. The molecule has 7 heteroatoms. The van der Waals surface area contributed by atoms with Gasteiger partial charge in [-0.2, -0.15) is 5.26 Å². The summed E-state index contributed by atoms with van der Waals surface area (Å²) in [7, 11) is 4.62. The van der Waals surface area contributed by atoms with E-state index in [0.29, 0.717) is 13.0 Å². The number of hydrogen-bond acceptors (Lipinski definition) is 5. The van der Waals surface area contributed by atoms with Crippen LogP contribution in [-0.2, 0) is 18.5 Å². The van der Waals surface area contributed by atoms with Crippen LogP contribution in [0.5, 0.6) is 0 Å². The first-order chi connectivity index (χ1) is 9.63. The smallest absolute Gasteiger partial charge is 0.167 e. The van der Waals surface area contributed by atoms with Crippen molar-refractivity contribution in [3.8, 4) is 18.4 Å². The summed E-state index contributed by atoms with van der Waals surface area (Å²) in [6.07, 6.45) is 3.97. The lowest BCUT2D eigenvalue weighted by atomic mass is 9.93. The molecule has 0 aromatic heterocycles. The maximum atomic E-state index is 8.45. The minimum Gasteiger partial charge on any atom is -0.379 e. The molecule has 19 heavy (non-hydrogen) atoms. The van der Waals surface area contributed by atoms with Crippen LogP contribution in [0.2, 0.25) is 0 Å². The quantitative estimate of drug-likeness (QED) is 0.303. The Morgan fingerprint density at radius 2 is 2.37 bits per heavy atom. The zero-order valence-corrected chi connectivity index (χ0v) is 11.7. The fourth-order valence-electron chi connectivity index (χ4n) is 1.64. The molecule has 2 radical (unpaired) electrons. The minimum absolute atomic E-state index is 0.00957. The summed E-state index contributed by atoms with van der Waals surface area (Å²) in [5.74, 6) is 2.37. The minimum atomic E-state index is -1.20. The van der Waals surface area contributed by atoms with E-state index in [2.05, 4.69) is 5.92 Å². The highest BCUT2D eigenvalue weighted by atomic mass is 31.2. The van der Waals surface area contributed by atoms with Gasteiger partial charge in [0.1, 0.15) is 26.7 Å². The average molecular weight is 282 g/mol. The van der Waals surface area contributed by atoms with Gasteiger partial charge >= 0.3 is 0 Å². The number of terminal acetylenes is 1. The molecule has 5 nitrogen and oxygen atoms in total. The molecule has 0 N–H and O–H groups in total. The normalized spacial score (nSPS) is 32.3. The van der Waals surface area contributed by atoms with Crippen molar-refractivity contribution < 1.29 is 19.9 Å². The molecular formula is C12H17BNO4P. The highest BCUT2D eigenvalue weighted by Crippen LogP contribution is 2.40. The first-order valence-electron chi connectivity index (χ1n) is 6.50. The third-order valence-electron chi connectivity index (χ3n) is 2.46. The molecule has 0 bridgehead atoms. The first-order valence-corrected chi connectivity index (χ1v) is 7.42. The van der Waals surface area contributed by atoms with Gasteiger partial charge in [0.05, 0.1) is 25.2 Å². The summed E-state index contributed by atoms with van der Waals surface area (Å²) in [5.41, 5.74) is 0. The van der Waals surface area contributed by atoms with E-state index in [0.717, 1.165) is 0 Å². The van der Waals surface area contributed by atoms with Crippen LogP contribution in [0.1, 0.15) is 14.7 Å². The molecule has 1 saturated heterocycles. The van der Waals surface area contributed by atoms with Gasteiger partial charge in [-0.1, -0.05) is 5.92 Å². The topological polar surface area (TPSA) is 60.7 Å². The maximum absolute atomic E-state index is 8.45. The van der Waals surface area contributed by atoms with Crippen LogP contribution in [-0.4, -0.2) is 52.0 Å². The van der Waals surface area contributed by atoms with Crippen LogP contribution in [0.4, 0.5) is 0 Å². The average Bonchev–Trinajstić information content (AvgIpc) is 2.72. The van der Waals surface area contributed by atoms with Crippen molar-refractivity contribution in [1.82, 2.24) is 0 Å². The van der Waals surface area contributed by atoms with Crippen LogP contribution in [0.3, 0.4) is 0 Å². The molecule has 0 aliphatic carbocycles. The van der Waals surface area contributed by atoms with Gasteiger partial charge in [0.2, 0.25) is 0 Å². The summed E-state index contributed by atoms with van der Waals surface area (Å²) >= 11 is 0. The van der Waals surface area contributed by atoms with Gasteiger partial charge in [0.15, 0.2) is 8.38 Å². The molecule has 0 aromatic rings. The van der Waals surface area contributed by atoms with E-state index in [1.54, 1.807) is 6.66 Å². The lowest BCUT2D eigenvalue weighted by Crippen LogP contribution is -2.36. The van der Waals surface area contributed by atoms with Gasteiger partial charge in [0, 0.05) is 14.0 Å². The van der Waals surface area contributed by atoms with Crippen molar-refractivity contribution in [3.05, 3.63) is 0 Å². The van der Waals surface area contributed by atoms with Crippen LogP contribution >= 0.6 is 8.38 Å².